The van der Waals surface area contributed by atoms with E-state index in [1.807, 2.05) is 43.3 Å². The maximum Gasteiger partial charge on any atom is 0.331 e. The fraction of sp³-hybridized carbons (Fsp3) is 0.320. The van der Waals surface area contributed by atoms with Gasteiger partial charge in [0.15, 0.2) is 6.29 Å². The van der Waals surface area contributed by atoms with E-state index in [1.165, 1.54) is 12.0 Å². The zero-order chi connectivity index (χ0) is 25.3. The molecule has 3 aromatic rings. The second-order valence-corrected chi connectivity index (χ2v) is 9.69. The molecule has 1 fully saturated rings. The van der Waals surface area contributed by atoms with Crippen LogP contribution in [0.1, 0.15) is 25.1 Å². The number of nitrogens with zero attached hydrogens (tertiary/aromatic N) is 2. The summed E-state index contributed by atoms with van der Waals surface area (Å²) in [5, 5.41) is 7.70. The van der Waals surface area contributed by atoms with E-state index in [0.717, 1.165) is 32.7 Å². The molecule has 4 rings (SSSR count). The number of imide groups is 1. The molecule has 1 atom stereocenters. The van der Waals surface area contributed by atoms with Crippen molar-refractivity contribution >= 4 is 46.2 Å². The fourth-order valence-electron chi connectivity index (χ4n) is 4.09. The Bertz CT molecular complexity index is 1270. The van der Waals surface area contributed by atoms with Crippen LogP contribution < -0.4 is 10.6 Å². The zero-order valence-electron chi connectivity index (χ0n) is 20.0. The molecule has 10 heteroatoms. The maximum absolute atomic E-state index is 13.6. The maximum atomic E-state index is 13.6. The van der Waals surface area contributed by atoms with E-state index in [4.69, 9.17) is 16.3 Å². The molecular formula is C25H28ClN5O4. The van der Waals surface area contributed by atoms with Crippen LogP contribution >= 0.6 is 11.6 Å². The van der Waals surface area contributed by atoms with Crippen LogP contribution in [0.25, 0.3) is 10.9 Å². The number of halogens is 1. The Balaban J connectivity index is 1.63. The number of hydrogen-bond donors (Lipinski definition) is 3. The second-order valence-electron chi connectivity index (χ2n) is 9.25. The van der Waals surface area contributed by atoms with Crippen molar-refractivity contribution in [2.24, 2.45) is 5.41 Å². The lowest BCUT2D eigenvalue weighted by atomic mass is 9.93. The predicted octanol–water partition coefficient (Wildman–Crippen LogP) is 4.67. The quantitative estimate of drug-likeness (QED) is 0.411. The Morgan fingerprint density at radius 2 is 1.86 bits per heavy atom. The first-order valence-corrected chi connectivity index (χ1v) is 11.5. The second kappa shape index (κ2) is 9.50. The van der Waals surface area contributed by atoms with Gasteiger partial charge in [-0.05, 0) is 62.7 Å². The van der Waals surface area contributed by atoms with E-state index in [9.17, 15) is 14.4 Å². The van der Waals surface area contributed by atoms with E-state index in [2.05, 4.69) is 15.6 Å². The highest BCUT2D eigenvalue weighted by Gasteiger charge is 2.43. The molecule has 3 N–H and O–H groups in total. The number of ether oxygens (including phenoxy) is 1. The Morgan fingerprint density at radius 1 is 1.14 bits per heavy atom. The molecule has 0 radical (unpaired) electrons. The summed E-state index contributed by atoms with van der Waals surface area (Å²) in [5.74, 6) is -0.516. The molecule has 35 heavy (non-hydrogen) atoms. The first kappa shape index (κ1) is 24.4. The van der Waals surface area contributed by atoms with Gasteiger partial charge < -0.3 is 15.0 Å². The Hall–Kier alpha value is -3.72. The van der Waals surface area contributed by atoms with Gasteiger partial charge in [-0.3, -0.25) is 15.0 Å². The number of urea groups is 2. The van der Waals surface area contributed by atoms with Gasteiger partial charge in [0.1, 0.15) is 0 Å². The van der Waals surface area contributed by atoms with Gasteiger partial charge in [0.25, 0.3) is 0 Å². The molecule has 9 nitrogen and oxygen atoms in total. The molecule has 4 amide bonds. The van der Waals surface area contributed by atoms with Gasteiger partial charge in [-0.15, -0.1) is 0 Å². The normalized spacial score (nSPS) is 16.4. The van der Waals surface area contributed by atoms with Crippen molar-refractivity contribution in [1.29, 1.82) is 0 Å². The summed E-state index contributed by atoms with van der Waals surface area (Å²) in [4.78, 5) is 44.6. The lowest BCUT2D eigenvalue weighted by molar-refractivity contribution is -0.151. The number of aromatic amines is 1. The minimum atomic E-state index is -1.08. The number of amides is 4. The van der Waals surface area contributed by atoms with Crippen molar-refractivity contribution in [3.05, 3.63) is 64.8 Å². The largest absolute Gasteiger partial charge is 0.469 e. The highest BCUT2D eigenvalue weighted by Crippen LogP contribution is 2.26. The molecule has 0 saturated carbocycles. The third-order valence-electron chi connectivity index (χ3n) is 5.91. The molecule has 0 aliphatic carbocycles. The van der Waals surface area contributed by atoms with Crippen molar-refractivity contribution in [2.45, 2.75) is 33.6 Å². The number of esters is 1. The molecule has 0 bridgehead atoms. The number of carbonyl (C=O) groups excluding carboxylic acids is 3. The highest BCUT2D eigenvalue weighted by atomic mass is 35.5. The fourth-order valence-corrected chi connectivity index (χ4v) is 4.21. The molecule has 1 aliphatic heterocycles. The highest BCUT2D eigenvalue weighted by molar-refractivity contribution is 6.30. The van der Waals surface area contributed by atoms with Crippen LogP contribution in [0.15, 0.2) is 48.5 Å². The number of aromatic nitrogens is 1. The molecule has 2 aromatic carbocycles. The summed E-state index contributed by atoms with van der Waals surface area (Å²) in [7, 11) is 1.28. The standard InChI is InChI=1S/C25H28ClN5O4/c1-15-11-17-12-19(9-10-20(17)27-15)28-22-29-23(33)31(14-25(2,3)21(32)35-4)24(34)30(22)13-16-5-7-18(26)8-6-16/h5-12,22,27-28H,13-14H2,1-4H3,(H,29,33). The van der Waals surface area contributed by atoms with Crippen molar-refractivity contribution < 1.29 is 19.1 Å². The minimum Gasteiger partial charge on any atom is -0.469 e. The number of benzene rings is 2. The molecule has 184 valence electrons. The number of fused-ring (bicyclic) bond motifs is 1. The van der Waals surface area contributed by atoms with Gasteiger partial charge in [0, 0.05) is 33.9 Å². The van der Waals surface area contributed by atoms with E-state index in [-0.39, 0.29) is 13.1 Å². The summed E-state index contributed by atoms with van der Waals surface area (Å²) in [5.41, 5.74) is 2.51. The molecule has 0 spiro atoms. The third kappa shape index (κ3) is 5.19. The zero-order valence-corrected chi connectivity index (χ0v) is 20.8. The Labute approximate surface area is 208 Å². The van der Waals surface area contributed by atoms with Crippen LogP contribution in [0.5, 0.6) is 0 Å². The minimum absolute atomic E-state index is 0.136. The predicted molar refractivity (Wildman–Crippen MR) is 134 cm³/mol. The SMILES string of the molecule is COC(=O)C(C)(C)CN1C(=O)NC(Nc2ccc3[nH]c(C)cc3c2)N(Cc2ccc(Cl)cc2)C1=O. The van der Waals surface area contributed by atoms with E-state index < -0.39 is 29.7 Å². The van der Waals surface area contributed by atoms with Crippen LogP contribution in [0.2, 0.25) is 5.02 Å². The number of rotatable bonds is 7. The number of methoxy groups -OCH3 is 1. The number of anilines is 1. The van der Waals surface area contributed by atoms with Crippen LogP contribution in [-0.4, -0.2) is 52.8 Å². The number of carbonyl (C=O) groups is 3. The number of H-pyrrole nitrogens is 1. The summed E-state index contributed by atoms with van der Waals surface area (Å²) in [6.07, 6.45) is -0.819. The number of hydrogen-bond acceptors (Lipinski definition) is 5. The first-order valence-electron chi connectivity index (χ1n) is 11.1. The molecule has 1 saturated heterocycles. The smallest absolute Gasteiger partial charge is 0.331 e. The van der Waals surface area contributed by atoms with Gasteiger partial charge in [-0.1, -0.05) is 23.7 Å². The van der Waals surface area contributed by atoms with Gasteiger partial charge >= 0.3 is 18.0 Å². The van der Waals surface area contributed by atoms with Crippen LogP contribution in [0.3, 0.4) is 0 Å². The van der Waals surface area contributed by atoms with E-state index >= 15 is 0 Å². The lowest BCUT2D eigenvalue weighted by Crippen LogP contribution is -2.68. The van der Waals surface area contributed by atoms with Crippen LogP contribution in [0, 0.1) is 12.3 Å². The van der Waals surface area contributed by atoms with Gasteiger partial charge in [0.05, 0.1) is 19.1 Å². The summed E-state index contributed by atoms with van der Waals surface area (Å²) in [6.45, 7) is 5.30. The Morgan fingerprint density at radius 3 is 2.54 bits per heavy atom. The van der Waals surface area contributed by atoms with E-state index in [1.54, 1.807) is 26.0 Å². The lowest BCUT2D eigenvalue weighted by Gasteiger charge is -2.43. The first-order chi connectivity index (χ1) is 16.6. The molecule has 2 heterocycles. The summed E-state index contributed by atoms with van der Waals surface area (Å²) < 4.78 is 4.85. The monoisotopic (exact) mass is 497 g/mol. The van der Waals surface area contributed by atoms with Gasteiger partial charge in [0.2, 0.25) is 0 Å². The number of aryl methyl sites for hydroxylation is 1. The van der Waals surface area contributed by atoms with Crippen molar-refractivity contribution in [3.8, 4) is 0 Å². The van der Waals surface area contributed by atoms with Crippen molar-refractivity contribution in [2.75, 3.05) is 19.0 Å². The molecule has 1 unspecified atom stereocenters. The van der Waals surface area contributed by atoms with Crippen molar-refractivity contribution in [3.63, 3.8) is 0 Å². The summed E-state index contributed by atoms with van der Waals surface area (Å²) >= 11 is 6.02. The van der Waals surface area contributed by atoms with Crippen molar-refractivity contribution in [1.82, 2.24) is 20.1 Å². The van der Waals surface area contributed by atoms with E-state index in [0.29, 0.717) is 5.02 Å². The molecule has 1 aromatic heterocycles. The topological polar surface area (TPSA) is 107 Å². The third-order valence-corrected chi connectivity index (χ3v) is 6.16. The van der Waals surface area contributed by atoms with Crippen LogP contribution in [0.4, 0.5) is 15.3 Å². The number of nitrogens with one attached hydrogen (secondary N) is 3. The van der Waals surface area contributed by atoms with Crippen LogP contribution in [-0.2, 0) is 16.1 Å². The molecular weight excluding hydrogens is 470 g/mol. The molecule has 1 aliphatic rings. The van der Waals surface area contributed by atoms with Gasteiger partial charge in [-0.2, -0.15) is 0 Å². The Kier molecular flexibility index (Phi) is 6.62. The average molecular weight is 498 g/mol. The van der Waals surface area contributed by atoms with Gasteiger partial charge in [-0.25, -0.2) is 14.5 Å². The summed E-state index contributed by atoms with van der Waals surface area (Å²) in [6, 6.07) is 13.8. The average Bonchev–Trinajstić information content (AvgIpc) is 3.19.